The molecular formula is C13H13FN2O4. The molecule has 6 nitrogen and oxygen atoms in total. The number of carboxylic acid groups (broad SMARTS) is 1. The number of carbonyl (C=O) groups excluding carboxylic acids is 2. The maximum atomic E-state index is 13.8. The lowest BCUT2D eigenvalue weighted by Crippen LogP contribution is -2.20. The van der Waals surface area contributed by atoms with Crippen molar-refractivity contribution in [2.24, 2.45) is 0 Å². The van der Waals surface area contributed by atoms with Crippen molar-refractivity contribution in [2.75, 3.05) is 10.6 Å². The number of fused-ring (bicyclic) bond motifs is 1. The van der Waals surface area contributed by atoms with E-state index in [1.807, 2.05) is 0 Å². The highest BCUT2D eigenvalue weighted by Crippen LogP contribution is 2.28. The molecule has 7 heteroatoms. The lowest BCUT2D eigenvalue weighted by atomic mass is 10.0. The highest BCUT2D eigenvalue weighted by atomic mass is 19.1. The zero-order chi connectivity index (χ0) is 14.7. The maximum Gasteiger partial charge on any atom is 0.303 e. The quantitative estimate of drug-likeness (QED) is 0.779. The molecule has 0 atom stereocenters. The van der Waals surface area contributed by atoms with E-state index in [9.17, 15) is 18.8 Å². The second-order valence-corrected chi connectivity index (χ2v) is 4.48. The fourth-order valence-electron chi connectivity index (χ4n) is 1.93. The summed E-state index contributed by atoms with van der Waals surface area (Å²) in [5, 5.41) is 13.4. The molecule has 1 aromatic carbocycles. The first-order chi connectivity index (χ1) is 9.45. The van der Waals surface area contributed by atoms with Crippen molar-refractivity contribution < 1.29 is 23.9 Å². The summed E-state index contributed by atoms with van der Waals surface area (Å²) in [6.07, 6.45) is 0.252. The first kappa shape index (κ1) is 14.0. The van der Waals surface area contributed by atoms with Gasteiger partial charge in [0.25, 0.3) is 0 Å². The van der Waals surface area contributed by atoms with Crippen LogP contribution in [0, 0.1) is 5.82 Å². The van der Waals surface area contributed by atoms with E-state index in [2.05, 4.69) is 10.6 Å². The van der Waals surface area contributed by atoms with Crippen LogP contribution in [0.4, 0.5) is 15.8 Å². The Labute approximate surface area is 114 Å². The van der Waals surface area contributed by atoms with Crippen LogP contribution in [0.5, 0.6) is 0 Å². The number of carboxylic acids is 1. The molecule has 0 unspecified atom stereocenters. The van der Waals surface area contributed by atoms with Crippen LogP contribution in [0.2, 0.25) is 0 Å². The maximum absolute atomic E-state index is 13.8. The van der Waals surface area contributed by atoms with Crippen LogP contribution >= 0.6 is 0 Å². The van der Waals surface area contributed by atoms with Gasteiger partial charge >= 0.3 is 5.97 Å². The Hall–Kier alpha value is -2.44. The number of amides is 2. The molecule has 0 bridgehead atoms. The first-order valence-corrected chi connectivity index (χ1v) is 6.09. The van der Waals surface area contributed by atoms with Crippen molar-refractivity contribution >= 4 is 29.2 Å². The Morgan fingerprint density at radius 2 is 2.05 bits per heavy atom. The van der Waals surface area contributed by atoms with Crippen molar-refractivity contribution in [2.45, 2.75) is 25.7 Å². The third kappa shape index (κ3) is 3.31. The normalized spacial score (nSPS) is 13.3. The SMILES string of the molecule is O=C(O)CCC(=O)Nc1cc2c(cc1F)NC(=O)CC2. The van der Waals surface area contributed by atoms with E-state index in [-0.39, 0.29) is 24.4 Å². The zero-order valence-electron chi connectivity index (χ0n) is 10.5. The molecule has 0 aromatic heterocycles. The molecule has 1 aliphatic rings. The number of benzene rings is 1. The zero-order valence-corrected chi connectivity index (χ0v) is 10.5. The molecule has 0 saturated carbocycles. The van der Waals surface area contributed by atoms with E-state index in [1.54, 1.807) is 0 Å². The Morgan fingerprint density at radius 1 is 1.30 bits per heavy atom. The number of aryl methyl sites for hydroxylation is 1. The van der Waals surface area contributed by atoms with Gasteiger partial charge in [0.1, 0.15) is 5.82 Å². The largest absolute Gasteiger partial charge is 0.481 e. The topological polar surface area (TPSA) is 95.5 Å². The number of carbonyl (C=O) groups is 3. The van der Waals surface area contributed by atoms with Crippen molar-refractivity contribution in [3.8, 4) is 0 Å². The van der Waals surface area contributed by atoms with Gasteiger partial charge in [0.05, 0.1) is 12.1 Å². The fourth-order valence-corrected chi connectivity index (χ4v) is 1.93. The second kappa shape index (κ2) is 5.68. The van der Waals surface area contributed by atoms with Gasteiger partial charge in [-0.1, -0.05) is 0 Å². The summed E-state index contributed by atoms with van der Waals surface area (Å²) >= 11 is 0. The van der Waals surface area contributed by atoms with E-state index in [0.29, 0.717) is 18.5 Å². The van der Waals surface area contributed by atoms with Gasteiger partial charge < -0.3 is 15.7 Å². The Kier molecular flexibility index (Phi) is 3.97. The van der Waals surface area contributed by atoms with Gasteiger partial charge in [-0.2, -0.15) is 0 Å². The molecular weight excluding hydrogens is 267 g/mol. The van der Waals surface area contributed by atoms with Gasteiger partial charge in [-0.15, -0.1) is 0 Å². The molecule has 2 amide bonds. The van der Waals surface area contributed by atoms with Crippen LogP contribution < -0.4 is 10.6 Å². The van der Waals surface area contributed by atoms with E-state index in [4.69, 9.17) is 5.11 Å². The number of aliphatic carboxylic acids is 1. The summed E-state index contributed by atoms with van der Waals surface area (Å²) in [4.78, 5) is 33.0. The molecule has 0 saturated heterocycles. The summed E-state index contributed by atoms with van der Waals surface area (Å²) in [6, 6.07) is 2.61. The Morgan fingerprint density at radius 3 is 2.75 bits per heavy atom. The standard InChI is InChI=1S/C13H13FN2O4/c14-8-6-9-7(1-2-11(17)15-9)5-10(8)16-12(18)3-4-13(19)20/h5-6H,1-4H2,(H,15,17)(H,16,18)(H,19,20). The minimum Gasteiger partial charge on any atom is -0.481 e. The molecule has 106 valence electrons. The summed E-state index contributed by atoms with van der Waals surface area (Å²) in [5.74, 6) is -2.50. The summed E-state index contributed by atoms with van der Waals surface area (Å²) in [5.41, 5.74) is 1.14. The van der Waals surface area contributed by atoms with Gasteiger partial charge in [-0.25, -0.2) is 4.39 Å². The highest BCUT2D eigenvalue weighted by Gasteiger charge is 2.18. The number of nitrogens with one attached hydrogen (secondary N) is 2. The van der Waals surface area contributed by atoms with E-state index in [1.165, 1.54) is 6.07 Å². The Bertz CT molecular complexity index is 586. The smallest absolute Gasteiger partial charge is 0.303 e. The van der Waals surface area contributed by atoms with Gasteiger partial charge in [-0.3, -0.25) is 14.4 Å². The molecule has 0 radical (unpaired) electrons. The molecule has 0 spiro atoms. The van der Waals surface area contributed by atoms with Crippen LogP contribution in [0.3, 0.4) is 0 Å². The monoisotopic (exact) mass is 280 g/mol. The van der Waals surface area contributed by atoms with E-state index < -0.39 is 17.7 Å². The average Bonchev–Trinajstić information content (AvgIpc) is 2.37. The molecule has 3 N–H and O–H groups in total. The fraction of sp³-hybridized carbons (Fsp3) is 0.308. The van der Waals surface area contributed by atoms with Gasteiger partial charge in [0.2, 0.25) is 11.8 Å². The van der Waals surface area contributed by atoms with Crippen LogP contribution in [-0.2, 0) is 20.8 Å². The number of rotatable bonds is 4. The molecule has 0 aliphatic carbocycles. The molecule has 2 rings (SSSR count). The van der Waals surface area contributed by atoms with Crippen molar-refractivity contribution in [1.82, 2.24) is 0 Å². The predicted octanol–water partition coefficient (Wildman–Crippen LogP) is 1.51. The molecule has 0 fully saturated rings. The van der Waals surface area contributed by atoms with Gasteiger partial charge in [0.15, 0.2) is 0 Å². The predicted molar refractivity (Wildman–Crippen MR) is 68.9 cm³/mol. The van der Waals surface area contributed by atoms with Crippen LogP contribution in [-0.4, -0.2) is 22.9 Å². The van der Waals surface area contributed by atoms with Gasteiger partial charge in [-0.05, 0) is 24.1 Å². The molecule has 1 heterocycles. The first-order valence-electron chi connectivity index (χ1n) is 6.09. The van der Waals surface area contributed by atoms with Crippen LogP contribution in [0.1, 0.15) is 24.8 Å². The van der Waals surface area contributed by atoms with Crippen LogP contribution in [0.15, 0.2) is 12.1 Å². The second-order valence-electron chi connectivity index (χ2n) is 4.48. The average molecular weight is 280 g/mol. The van der Waals surface area contributed by atoms with Gasteiger partial charge in [0, 0.05) is 18.5 Å². The summed E-state index contributed by atoms with van der Waals surface area (Å²) < 4.78 is 13.8. The van der Waals surface area contributed by atoms with Crippen molar-refractivity contribution in [1.29, 1.82) is 0 Å². The summed E-state index contributed by atoms with van der Waals surface area (Å²) in [6.45, 7) is 0. The van der Waals surface area contributed by atoms with Crippen LogP contribution in [0.25, 0.3) is 0 Å². The molecule has 20 heavy (non-hydrogen) atoms. The summed E-state index contributed by atoms with van der Waals surface area (Å²) in [7, 11) is 0. The van der Waals surface area contributed by atoms with E-state index in [0.717, 1.165) is 11.6 Å². The molecule has 1 aromatic rings. The third-order valence-electron chi connectivity index (χ3n) is 2.93. The lowest BCUT2D eigenvalue weighted by molar-refractivity contribution is -0.138. The number of hydrogen-bond acceptors (Lipinski definition) is 3. The number of halogens is 1. The number of hydrogen-bond donors (Lipinski definition) is 3. The minimum atomic E-state index is -1.09. The van der Waals surface area contributed by atoms with E-state index >= 15 is 0 Å². The number of anilines is 2. The minimum absolute atomic E-state index is 0.00436. The highest BCUT2D eigenvalue weighted by molar-refractivity contribution is 5.96. The van der Waals surface area contributed by atoms with Crippen molar-refractivity contribution in [3.05, 3.63) is 23.5 Å². The van der Waals surface area contributed by atoms with Crippen molar-refractivity contribution in [3.63, 3.8) is 0 Å². The third-order valence-corrected chi connectivity index (χ3v) is 2.93. The Balaban J connectivity index is 2.11. The lowest BCUT2D eigenvalue weighted by Gasteiger charge is -2.18. The molecule has 1 aliphatic heterocycles.